The van der Waals surface area contributed by atoms with Gasteiger partial charge < -0.3 is 20.1 Å². The quantitative estimate of drug-likeness (QED) is 0.534. The number of nitrogens with one attached hydrogen (secondary N) is 2. The van der Waals surface area contributed by atoms with Crippen molar-refractivity contribution in [3.05, 3.63) is 83.9 Å². The summed E-state index contributed by atoms with van der Waals surface area (Å²) in [6.45, 7) is 1.98. The van der Waals surface area contributed by atoms with Gasteiger partial charge in [-0.15, -0.1) is 0 Å². The van der Waals surface area contributed by atoms with E-state index in [1.807, 2.05) is 37.3 Å². The lowest BCUT2D eigenvalue weighted by Crippen LogP contribution is -2.21. The van der Waals surface area contributed by atoms with Crippen molar-refractivity contribution in [1.29, 1.82) is 0 Å². The van der Waals surface area contributed by atoms with Crippen LogP contribution in [0.1, 0.15) is 35.2 Å². The van der Waals surface area contributed by atoms with Crippen LogP contribution in [0.15, 0.2) is 72.8 Å². The molecule has 0 aliphatic carbocycles. The van der Waals surface area contributed by atoms with Crippen LogP contribution in [0, 0.1) is 0 Å². The van der Waals surface area contributed by atoms with Crippen molar-refractivity contribution >= 4 is 23.2 Å². The molecule has 31 heavy (non-hydrogen) atoms. The number of hydrogen-bond acceptors (Lipinski definition) is 4. The van der Waals surface area contributed by atoms with Gasteiger partial charge in [0.1, 0.15) is 11.5 Å². The van der Waals surface area contributed by atoms with Crippen LogP contribution >= 0.6 is 0 Å². The fourth-order valence-corrected chi connectivity index (χ4v) is 3.31. The first kappa shape index (κ1) is 21.9. The third kappa shape index (κ3) is 5.42. The van der Waals surface area contributed by atoms with Gasteiger partial charge >= 0.3 is 0 Å². The third-order valence-electron chi connectivity index (χ3n) is 4.99. The molecule has 0 saturated heterocycles. The minimum atomic E-state index is -0.292. The molecule has 0 bridgehead atoms. The van der Waals surface area contributed by atoms with Crippen molar-refractivity contribution in [3.8, 4) is 11.5 Å². The molecule has 1 atom stereocenters. The summed E-state index contributed by atoms with van der Waals surface area (Å²) in [6.07, 6.45) is 0.674. The van der Waals surface area contributed by atoms with Crippen molar-refractivity contribution in [2.45, 2.75) is 19.3 Å². The molecule has 0 radical (unpaired) electrons. The summed E-state index contributed by atoms with van der Waals surface area (Å²) in [6, 6.07) is 21.6. The lowest BCUT2D eigenvalue weighted by Gasteiger charge is -2.17. The van der Waals surface area contributed by atoms with Gasteiger partial charge in [-0.3, -0.25) is 9.59 Å². The van der Waals surface area contributed by atoms with Gasteiger partial charge in [0.15, 0.2) is 0 Å². The molecular weight excluding hydrogens is 392 g/mol. The molecule has 3 rings (SSSR count). The molecule has 160 valence electrons. The van der Waals surface area contributed by atoms with Crippen molar-refractivity contribution < 1.29 is 19.1 Å². The largest absolute Gasteiger partial charge is 0.497 e. The van der Waals surface area contributed by atoms with Crippen LogP contribution in [0.4, 0.5) is 11.4 Å². The number of carbonyl (C=O) groups excluding carboxylic acids is 2. The van der Waals surface area contributed by atoms with E-state index in [4.69, 9.17) is 9.47 Å². The second-order valence-corrected chi connectivity index (χ2v) is 6.96. The Labute approximate surface area is 182 Å². The summed E-state index contributed by atoms with van der Waals surface area (Å²) in [5.74, 6) is 0.504. The Hall–Kier alpha value is -3.80. The van der Waals surface area contributed by atoms with Crippen molar-refractivity contribution in [1.82, 2.24) is 0 Å². The molecule has 6 nitrogen and oxygen atoms in total. The van der Waals surface area contributed by atoms with Crippen LogP contribution in [0.3, 0.4) is 0 Å². The zero-order valence-corrected chi connectivity index (χ0v) is 17.8. The lowest BCUT2D eigenvalue weighted by molar-refractivity contribution is -0.117. The van der Waals surface area contributed by atoms with E-state index in [0.717, 1.165) is 5.56 Å². The first-order valence-electron chi connectivity index (χ1n) is 10.0. The van der Waals surface area contributed by atoms with E-state index in [9.17, 15) is 9.59 Å². The Bertz CT molecular complexity index is 1030. The van der Waals surface area contributed by atoms with Crippen LogP contribution in [0.2, 0.25) is 0 Å². The number of carbonyl (C=O) groups is 2. The highest BCUT2D eigenvalue weighted by Gasteiger charge is 2.19. The van der Waals surface area contributed by atoms with E-state index >= 15 is 0 Å². The molecule has 0 spiro atoms. The average molecular weight is 418 g/mol. The predicted octanol–water partition coefficient (Wildman–Crippen LogP) is 5.09. The first-order chi connectivity index (χ1) is 15.0. The topological polar surface area (TPSA) is 76.7 Å². The molecule has 0 aliphatic heterocycles. The fraction of sp³-hybridized carbons (Fsp3) is 0.200. The van der Waals surface area contributed by atoms with Gasteiger partial charge in [0, 0.05) is 11.3 Å². The number of hydrogen-bond donors (Lipinski definition) is 2. The Kier molecular flexibility index (Phi) is 7.27. The molecule has 0 aromatic heterocycles. The number of methoxy groups -OCH3 is 2. The van der Waals surface area contributed by atoms with E-state index in [1.165, 1.54) is 7.11 Å². The number of anilines is 2. The van der Waals surface area contributed by atoms with E-state index in [1.54, 1.807) is 49.6 Å². The molecule has 0 heterocycles. The molecule has 3 aromatic carbocycles. The Balaban J connectivity index is 1.78. The van der Waals surface area contributed by atoms with E-state index in [-0.39, 0.29) is 17.7 Å². The van der Waals surface area contributed by atoms with Gasteiger partial charge in [-0.2, -0.15) is 0 Å². The van der Waals surface area contributed by atoms with Crippen molar-refractivity contribution in [3.63, 3.8) is 0 Å². The Morgan fingerprint density at radius 1 is 0.871 bits per heavy atom. The van der Waals surface area contributed by atoms with Crippen LogP contribution in [-0.2, 0) is 4.79 Å². The highest BCUT2D eigenvalue weighted by Crippen LogP contribution is 2.30. The number of amides is 2. The minimum absolute atomic E-state index is 0.105. The van der Waals surface area contributed by atoms with Gasteiger partial charge in [-0.1, -0.05) is 37.3 Å². The monoisotopic (exact) mass is 418 g/mol. The maximum atomic E-state index is 12.9. The van der Waals surface area contributed by atoms with Crippen molar-refractivity contribution in [2.24, 2.45) is 0 Å². The van der Waals surface area contributed by atoms with Gasteiger partial charge in [-0.05, 0) is 54.4 Å². The van der Waals surface area contributed by atoms with Gasteiger partial charge in [-0.25, -0.2) is 0 Å². The second-order valence-electron chi connectivity index (χ2n) is 6.96. The van der Waals surface area contributed by atoms with Gasteiger partial charge in [0.05, 0.1) is 25.8 Å². The number of benzene rings is 3. The summed E-state index contributed by atoms with van der Waals surface area (Å²) >= 11 is 0. The molecular formula is C25H26N2O4. The highest BCUT2D eigenvalue weighted by atomic mass is 16.5. The lowest BCUT2D eigenvalue weighted by atomic mass is 9.95. The summed E-state index contributed by atoms with van der Waals surface area (Å²) in [4.78, 5) is 25.5. The first-order valence-corrected chi connectivity index (χ1v) is 10.0. The maximum Gasteiger partial charge on any atom is 0.255 e. The number of rotatable bonds is 8. The van der Waals surface area contributed by atoms with Crippen LogP contribution in [-0.4, -0.2) is 26.0 Å². The summed E-state index contributed by atoms with van der Waals surface area (Å²) < 4.78 is 10.5. The Morgan fingerprint density at radius 3 is 2.19 bits per heavy atom. The Morgan fingerprint density at radius 2 is 1.58 bits per heavy atom. The standard InChI is InChI=1S/C25H26N2O4/c1-4-21(17-8-6-5-7-9-17)25(29)26-19-12-15-23(31-3)22(16-19)27-24(28)18-10-13-20(30-2)14-11-18/h5-16,21H,4H2,1-3H3,(H,26,29)(H,27,28)/t21-/m1/s1. The molecule has 0 saturated carbocycles. The van der Waals surface area contributed by atoms with E-state index < -0.39 is 0 Å². The normalized spacial score (nSPS) is 11.3. The molecule has 3 aromatic rings. The van der Waals surface area contributed by atoms with Crippen LogP contribution in [0.5, 0.6) is 11.5 Å². The highest BCUT2D eigenvalue weighted by molar-refractivity contribution is 6.05. The van der Waals surface area contributed by atoms with Gasteiger partial charge in [0.2, 0.25) is 5.91 Å². The van der Waals surface area contributed by atoms with E-state index in [0.29, 0.717) is 34.9 Å². The summed E-state index contributed by atoms with van der Waals surface area (Å²) in [7, 11) is 3.10. The zero-order chi connectivity index (χ0) is 22.2. The smallest absolute Gasteiger partial charge is 0.255 e. The second kappa shape index (κ2) is 10.3. The summed E-state index contributed by atoms with van der Waals surface area (Å²) in [5, 5.41) is 5.80. The van der Waals surface area contributed by atoms with Gasteiger partial charge in [0.25, 0.3) is 5.91 Å². The predicted molar refractivity (Wildman–Crippen MR) is 122 cm³/mol. The SMILES string of the molecule is CC[C@@H](C(=O)Nc1ccc(OC)c(NC(=O)c2ccc(OC)cc2)c1)c1ccccc1. The molecule has 2 amide bonds. The number of ether oxygens (including phenoxy) is 2. The molecule has 6 heteroatoms. The summed E-state index contributed by atoms with van der Waals surface area (Å²) in [5.41, 5.74) is 2.48. The molecule has 0 aliphatic rings. The van der Waals surface area contributed by atoms with Crippen molar-refractivity contribution in [2.75, 3.05) is 24.9 Å². The van der Waals surface area contributed by atoms with E-state index in [2.05, 4.69) is 10.6 Å². The minimum Gasteiger partial charge on any atom is -0.497 e. The maximum absolute atomic E-state index is 12.9. The molecule has 0 fully saturated rings. The fourth-order valence-electron chi connectivity index (χ4n) is 3.31. The average Bonchev–Trinajstić information content (AvgIpc) is 2.80. The zero-order valence-electron chi connectivity index (χ0n) is 17.8. The van der Waals surface area contributed by atoms with Crippen LogP contribution < -0.4 is 20.1 Å². The van der Waals surface area contributed by atoms with Crippen LogP contribution in [0.25, 0.3) is 0 Å². The third-order valence-corrected chi connectivity index (χ3v) is 4.99. The molecule has 0 unspecified atom stereocenters. The molecule has 2 N–H and O–H groups in total.